The minimum absolute atomic E-state index is 0.465. The highest BCUT2D eigenvalue weighted by molar-refractivity contribution is 4.76. The molecule has 0 atom stereocenters. The average Bonchev–Trinajstić information content (AvgIpc) is 2.29. The van der Waals surface area contributed by atoms with Crippen LogP contribution < -0.4 is 5.32 Å². The predicted octanol–water partition coefficient (Wildman–Crippen LogP) is 2.21. The van der Waals surface area contributed by atoms with E-state index in [2.05, 4.69) is 19.2 Å². The lowest BCUT2D eigenvalue weighted by molar-refractivity contribution is -0.0172. The second-order valence-electron chi connectivity index (χ2n) is 5.10. The molecule has 0 aromatic rings. The molecule has 0 unspecified atom stereocenters. The van der Waals surface area contributed by atoms with Crippen molar-refractivity contribution in [2.75, 3.05) is 26.9 Å². The fourth-order valence-electron chi connectivity index (χ4n) is 2.11. The topological polar surface area (TPSA) is 30.5 Å². The third-order valence-electron chi connectivity index (χ3n) is 3.11. The summed E-state index contributed by atoms with van der Waals surface area (Å²) in [4.78, 5) is 0. The van der Waals surface area contributed by atoms with Gasteiger partial charge in [-0.15, -0.1) is 0 Å². The summed E-state index contributed by atoms with van der Waals surface area (Å²) in [5, 5.41) is 3.33. The first-order valence-electron chi connectivity index (χ1n) is 6.59. The van der Waals surface area contributed by atoms with Crippen molar-refractivity contribution >= 4 is 0 Å². The Morgan fingerprint density at radius 3 is 2.38 bits per heavy atom. The first-order chi connectivity index (χ1) is 7.72. The van der Waals surface area contributed by atoms with Gasteiger partial charge in [-0.1, -0.05) is 13.8 Å². The van der Waals surface area contributed by atoms with Gasteiger partial charge >= 0.3 is 0 Å². The number of nitrogens with one attached hydrogen (secondary N) is 1. The van der Waals surface area contributed by atoms with Crippen LogP contribution in [0.1, 0.15) is 39.5 Å². The molecule has 1 fully saturated rings. The molecule has 1 aliphatic carbocycles. The molecule has 0 bridgehead atoms. The molecule has 0 heterocycles. The summed E-state index contributed by atoms with van der Waals surface area (Å²) in [7, 11) is 2.05. The molecule has 96 valence electrons. The van der Waals surface area contributed by atoms with Crippen molar-refractivity contribution in [3.8, 4) is 0 Å². The van der Waals surface area contributed by atoms with E-state index in [0.717, 1.165) is 19.8 Å². The third kappa shape index (κ3) is 5.83. The van der Waals surface area contributed by atoms with Gasteiger partial charge in [-0.25, -0.2) is 0 Å². The van der Waals surface area contributed by atoms with Gasteiger partial charge in [-0.3, -0.25) is 0 Å². The molecule has 0 aromatic heterocycles. The lowest BCUT2D eigenvalue weighted by Gasteiger charge is -2.28. The van der Waals surface area contributed by atoms with E-state index < -0.39 is 0 Å². The molecule has 1 rings (SSSR count). The quantitative estimate of drug-likeness (QED) is 0.679. The maximum absolute atomic E-state index is 5.80. The van der Waals surface area contributed by atoms with Gasteiger partial charge in [0.1, 0.15) is 0 Å². The van der Waals surface area contributed by atoms with E-state index in [-0.39, 0.29) is 0 Å². The highest BCUT2D eigenvalue weighted by Gasteiger charge is 2.19. The SMILES string of the molecule is CNC1CCC(OCCOCC(C)C)CC1. The van der Waals surface area contributed by atoms with Gasteiger partial charge in [0.25, 0.3) is 0 Å². The zero-order chi connectivity index (χ0) is 11.8. The molecule has 0 aromatic carbocycles. The smallest absolute Gasteiger partial charge is 0.0704 e. The van der Waals surface area contributed by atoms with Crippen LogP contribution in [0, 0.1) is 5.92 Å². The van der Waals surface area contributed by atoms with Crippen molar-refractivity contribution in [3.63, 3.8) is 0 Å². The number of hydrogen-bond donors (Lipinski definition) is 1. The summed E-state index contributed by atoms with van der Waals surface area (Å²) in [6.07, 6.45) is 5.33. The second kappa shape index (κ2) is 8.04. The molecule has 0 saturated heterocycles. The van der Waals surface area contributed by atoms with Crippen LogP contribution in [0.5, 0.6) is 0 Å². The summed E-state index contributed by atoms with van der Waals surface area (Å²) < 4.78 is 11.3. The fraction of sp³-hybridized carbons (Fsp3) is 1.00. The minimum atomic E-state index is 0.465. The van der Waals surface area contributed by atoms with E-state index in [4.69, 9.17) is 9.47 Å². The Morgan fingerprint density at radius 1 is 1.12 bits per heavy atom. The number of ether oxygens (including phenoxy) is 2. The van der Waals surface area contributed by atoms with Gasteiger partial charge in [0.05, 0.1) is 19.3 Å². The molecule has 0 radical (unpaired) electrons. The Morgan fingerprint density at radius 2 is 1.81 bits per heavy atom. The van der Waals surface area contributed by atoms with Crippen molar-refractivity contribution in [3.05, 3.63) is 0 Å². The Labute approximate surface area is 99.9 Å². The third-order valence-corrected chi connectivity index (χ3v) is 3.11. The van der Waals surface area contributed by atoms with Crippen molar-refractivity contribution in [1.82, 2.24) is 5.32 Å². The van der Waals surface area contributed by atoms with Crippen molar-refractivity contribution in [2.24, 2.45) is 5.92 Å². The van der Waals surface area contributed by atoms with Gasteiger partial charge in [-0.2, -0.15) is 0 Å². The molecular weight excluding hydrogens is 202 g/mol. The molecule has 3 nitrogen and oxygen atoms in total. The molecule has 1 N–H and O–H groups in total. The standard InChI is InChI=1S/C13H27NO2/c1-11(2)10-15-8-9-16-13-6-4-12(14-3)5-7-13/h11-14H,4-10H2,1-3H3. The Bertz CT molecular complexity index is 165. The molecule has 0 amide bonds. The predicted molar refractivity (Wildman–Crippen MR) is 66.7 cm³/mol. The van der Waals surface area contributed by atoms with E-state index in [9.17, 15) is 0 Å². The highest BCUT2D eigenvalue weighted by Crippen LogP contribution is 2.20. The van der Waals surface area contributed by atoms with Gasteiger partial charge in [0.15, 0.2) is 0 Å². The normalized spacial score (nSPS) is 26.2. The summed E-state index contributed by atoms with van der Waals surface area (Å²) in [6.45, 7) is 6.67. The van der Waals surface area contributed by atoms with Crippen LogP contribution >= 0.6 is 0 Å². The maximum Gasteiger partial charge on any atom is 0.0704 e. The lowest BCUT2D eigenvalue weighted by atomic mass is 9.93. The average molecular weight is 229 g/mol. The molecule has 16 heavy (non-hydrogen) atoms. The number of hydrogen-bond acceptors (Lipinski definition) is 3. The number of rotatable bonds is 7. The monoisotopic (exact) mass is 229 g/mol. The molecule has 0 spiro atoms. The van der Waals surface area contributed by atoms with E-state index in [1.54, 1.807) is 0 Å². The van der Waals surface area contributed by atoms with E-state index in [1.165, 1.54) is 25.7 Å². The molecule has 1 saturated carbocycles. The minimum Gasteiger partial charge on any atom is -0.379 e. The largest absolute Gasteiger partial charge is 0.379 e. The first-order valence-corrected chi connectivity index (χ1v) is 6.59. The van der Waals surface area contributed by atoms with E-state index >= 15 is 0 Å². The van der Waals surface area contributed by atoms with Crippen LogP contribution in [0.15, 0.2) is 0 Å². The Kier molecular flexibility index (Phi) is 7.01. The summed E-state index contributed by atoms with van der Waals surface area (Å²) in [5.74, 6) is 0.617. The first kappa shape index (κ1) is 13.9. The molecule has 1 aliphatic rings. The van der Waals surface area contributed by atoms with Crippen molar-refractivity contribution < 1.29 is 9.47 Å². The zero-order valence-corrected chi connectivity index (χ0v) is 11.0. The van der Waals surface area contributed by atoms with Crippen LogP contribution in [0.25, 0.3) is 0 Å². The molecule has 0 aliphatic heterocycles. The van der Waals surface area contributed by atoms with E-state index in [1.807, 2.05) is 7.05 Å². The highest BCUT2D eigenvalue weighted by atomic mass is 16.5. The lowest BCUT2D eigenvalue weighted by Crippen LogP contribution is -2.33. The van der Waals surface area contributed by atoms with Crippen LogP contribution in [-0.4, -0.2) is 39.0 Å². The Balaban J connectivity index is 1.94. The van der Waals surface area contributed by atoms with Gasteiger partial charge in [0, 0.05) is 12.6 Å². The fourth-order valence-corrected chi connectivity index (χ4v) is 2.11. The van der Waals surface area contributed by atoms with Gasteiger partial charge in [-0.05, 0) is 38.6 Å². The van der Waals surface area contributed by atoms with Crippen LogP contribution in [0.4, 0.5) is 0 Å². The van der Waals surface area contributed by atoms with Crippen molar-refractivity contribution in [2.45, 2.75) is 51.7 Å². The van der Waals surface area contributed by atoms with Crippen molar-refractivity contribution in [1.29, 1.82) is 0 Å². The maximum atomic E-state index is 5.80. The van der Waals surface area contributed by atoms with Gasteiger partial charge < -0.3 is 14.8 Å². The Hall–Kier alpha value is -0.120. The zero-order valence-electron chi connectivity index (χ0n) is 11.0. The second-order valence-corrected chi connectivity index (χ2v) is 5.10. The summed E-state index contributed by atoms with van der Waals surface area (Å²) in [5.41, 5.74) is 0. The van der Waals surface area contributed by atoms with Crippen LogP contribution in [-0.2, 0) is 9.47 Å². The van der Waals surface area contributed by atoms with Crippen LogP contribution in [0.3, 0.4) is 0 Å². The summed E-state index contributed by atoms with van der Waals surface area (Å²) >= 11 is 0. The van der Waals surface area contributed by atoms with E-state index in [0.29, 0.717) is 18.1 Å². The molecular formula is C13H27NO2. The summed E-state index contributed by atoms with van der Waals surface area (Å²) in [6, 6.07) is 0.706. The van der Waals surface area contributed by atoms with Gasteiger partial charge in [0.2, 0.25) is 0 Å². The van der Waals surface area contributed by atoms with Crippen LogP contribution in [0.2, 0.25) is 0 Å². The molecule has 3 heteroatoms.